The summed E-state index contributed by atoms with van der Waals surface area (Å²) in [5.74, 6) is -0.167. The van der Waals surface area contributed by atoms with Gasteiger partial charge in [0.2, 0.25) is 5.91 Å². The molecule has 3 nitrogen and oxygen atoms in total. The normalized spacial score (nSPS) is 15.4. The van der Waals surface area contributed by atoms with Gasteiger partial charge in [-0.05, 0) is 31.2 Å². The first kappa shape index (κ1) is 14.7. The fourth-order valence-corrected chi connectivity index (χ4v) is 2.48. The van der Waals surface area contributed by atoms with Crippen LogP contribution in [0.5, 0.6) is 0 Å². The van der Waals surface area contributed by atoms with E-state index in [1.165, 1.54) is 0 Å². The third-order valence-corrected chi connectivity index (χ3v) is 4.21. The van der Waals surface area contributed by atoms with Crippen LogP contribution < -0.4 is 5.32 Å². The van der Waals surface area contributed by atoms with Gasteiger partial charge < -0.3 is 5.32 Å². The van der Waals surface area contributed by atoms with Crippen LogP contribution in [0.3, 0.4) is 0 Å². The van der Waals surface area contributed by atoms with Crippen molar-refractivity contribution in [2.45, 2.75) is 46.1 Å². The minimum Gasteiger partial charge on any atom is -0.347 e. The number of nitrogens with zero attached hydrogens (tertiary/aromatic N) is 1. The van der Waals surface area contributed by atoms with E-state index < -0.39 is 5.41 Å². The number of hydrogen-bond acceptors (Lipinski definition) is 3. The van der Waals surface area contributed by atoms with Crippen LogP contribution >= 0.6 is 11.3 Å². The highest BCUT2D eigenvalue weighted by Crippen LogP contribution is 2.26. The van der Waals surface area contributed by atoms with Crippen LogP contribution in [0.4, 0.5) is 0 Å². The zero-order chi connectivity index (χ0) is 13.6. The van der Waals surface area contributed by atoms with E-state index in [4.69, 9.17) is 5.26 Å². The van der Waals surface area contributed by atoms with Gasteiger partial charge >= 0.3 is 0 Å². The standard InChI is InChI=1S/C14H20N2OS/c1-4-7-11(12-8-6-9-18-12)16-13(17)14(3,5-2)10-15/h6,8-9,11H,4-5,7H2,1-3H3,(H,16,17). The van der Waals surface area contributed by atoms with Gasteiger partial charge in [-0.25, -0.2) is 0 Å². The minimum atomic E-state index is -0.927. The van der Waals surface area contributed by atoms with Crippen LogP contribution in [0.2, 0.25) is 0 Å². The Hall–Kier alpha value is -1.34. The minimum absolute atomic E-state index is 0.0294. The quantitative estimate of drug-likeness (QED) is 0.852. The molecule has 1 amide bonds. The van der Waals surface area contributed by atoms with Crippen molar-refractivity contribution in [2.24, 2.45) is 5.41 Å². The lowest BCUT2D eigenvalue weighted by Crippen LogP contribution is -2.39. The Kier molecular flexibility index (Phi) is 5.36. The van der Waals surface area contributed by atoms with Gasteiger partial charge in [0.15, 0.2) is 0 Å². The smallest absolute Gasteiger partial charge is 0.240 e. The molecule has 2 atom stereocenters. The van der Waals surface area contributed by atoms with Crippen molar-refractivity contribution in [3.8, 4) is 6.07 Å². The van der Waals surface area contributed by atoms with E-state index in [1.54, 1.807) is 18.3 Å². The second-order valence-corrected chi connectivity index (χ2v) is 5.61. The molecule has 1 heterocycles. The second-order valence-electron chi connectivity index (χ2n) is 4.63. The lowest BCUT2D eigenvalue weighted by molar-refractivity contribution is -0.128. The van der Waals surface area contributed by atoms with Gasteiger partial charge in [0.1, 0.15) is 5.41 Å². The summed E-state index contributed by atoms with van der Waals surface area (Å²) in [6.07, 6.45) is 2.42. The first-order valence-corrected chi connectivity index (χ1v) is 7.21. The average Bonchev–Trinajstić information content (AvgIpc) is 2.91. The van der Waals surface area contributed by atoms with Crippen molar-refractivity contribution in [1.29, 1.82) is 5.26 Å². The van der Waals surface area contributed by atoms with E-state index in [-0.39, 0.29) is 11.9 Å². The molecule has 1 aromatic heterocycles. The van der Waals surface area contributed by atoms with E-state index in [2.05, 4.69) is 18.3 Å². The number of amides is 1. The Morgan fingerprint density at radius 3 is 2.78 bits per heavy atom. The summed E-state index contributed by atoms with van der Waals surface area (Å²) in [6, 6.07) is 6.15. The molecule has 0 aliphatic rings. The van der Waals surface area contributed by atoms with Crippen molar-refractivity contribution in [1.82, 2.24) is 5.32 Å². The SMILES string of the molecule is CCCC(NC(=O)C(C)(C#N)CC)c1cccs1. The summed E-state index contributed by atoms with van der Waals surface area (Å²) in [7, 11) is 0. The molecule has 0 fully saturated rings. The van der Waals surface area contributed by atoms with Crippen molar-refractivity contribution in [2.75, 3.05) is 0 Å². The topological polar surface area (TPSA) is 52.9 Å². The maximum absolute atomic E-state index is 12.2. The predicted octanol–water partition coefficient (Wildman–Crippen LogP) is 3.65. The summed E-state index contributed by atoms with van der Waals surface area (Å²) in [6.45, 7) is 5.65. The number of nitrogens with one attached hydrogen (secondary N) is 1. The van der Waals surface area contributed by atoms with Gasteiger partial charge in [0.25, 0.3) is 0 Å². The molecule has 0 radical (unpaired) electrons. The van der Waals surface area contributed by atoms with Gasteiger partial charge in [-0.1, -0.05) is 26.3 Å². The number of hydrogen-bond donors (Lipinski definition) is 1. The maximum Gasteiger partial charge on any atom is 0.240 e. The van der Waals surface area contributed by atoms with Crippen LogP contribution in [-0.4, -0.2) is 5.91 Å². The molecule has 1 rings (SSSR count). The van der Waals surface area contributed by atoms with Crippen molar-refractivity contribution in [3.05, 3.63) is 22.4 Å². The summed E-state index contributed by atoms with van der Waals surface area (Å²) in [4.78, 5) is 13.3. The summed E-state index contributed by atoms with van der Waals surface area (Å²) < 4.78 is 0. The Morgan fingerprint density at radius 2 is 2.33 bits per heavy atom. The number of carbonyl (C=O) groups excluding carboxylic acids is 1. The zero-order valence-corrected chi connectivity index (χ0v) is 12.0. The molecule has 0 saturated carbocycles. The highest BCUT2D eigenvalue weighted by Gasteiger charge is 2.32. The van der Waals surface area contributed by atoms with Crippen molar-refractivity contribution < 1.29 is 4.79 Å². The Morgan fingerprint density at radius 1 is 1.61 bits per heavy atom. The first-order valence-electron chi connectivity index (χ1n) is 6.33. The van der Waals surface area contributed by atoms with Crippen molar-refractivity contribution in [3.63, 3.8) is 0 Å². The van der Waals surface area contributed by atoms with E-state index >= 15 is 0 Å². The summed E-state index contributed by atoms with van der Waals surface area (Å²) in [5, 5.41) is 14.1. The molecule has 18 heavy (non-hydrogen) atoms. The highest BCUT2D eigenvalue weighted by molar-refractivity contribution is 7.10. The molecule has 0 aliphatic carbocycles. The molecule has 0 bridgehead atoms. The molecule has 0 saturated heterocycles. The van der Waals surface area contributed by atoms with E-state index in [0.29, 0.717) is 6.42 Å². The molecule has 98 valence electrons. The largest absolute Gasteiger partial charge is 0.347 e. The summed E-state index contributed by atoms with van der Waals surface area (Å²) in [5.41, 5.74) is -0.927. The third-order valence-electron chi connectivity index (χ3n) is 3.22. The van der Waals surface area contributed by atoms with Crippen LogP contribution in [0.25, 0.3) is 0 Å². The molecular weight excluding hydrogens is 244 g/mol. The van der Waals surface area contributed by atoms with Gasteiger partial charge in [-0.3, -0.25) is 4.79 Å². The van der Waals surface area contributed by atoms with Gasteiger partial charge in [0.05, 0.1) is 12.1 Å². The third kappa shape index (κ3) is 3.33. The van der Waals surface area contributed by atoms with Crippen LogP contribution in [0.1, 0.15) is 51.0 Å². The second kappa shape index (κ2) is 6.55. The number of carbonyl (C=O) groups is 1. The zero-order valence-electron chi connectivity index (χ0n) is 11.2. The van der Waals surface area contributed by atoms with Crippen LogP contribution in [-0.2, 0) is 4.79 Å². The van der Waals surface area contributed by atoms with Crippen LogP contribution in [0, 0.1) is 16.7 Å². The Labute approximate surface area is 113 Å². The van der Waals surface area contributed by atoms with Gasteiger partial charge in [0, 0.05) is 4.88 Å². The molecule has 4 heteroatoms. The number of nitriles is 1. The van der Waals surface area contributed by atoms with E-state index in [0.717, 1.165) is 17.7 Å². The molecule has 1 N–H and O–H groups in total. The lowest BCUT2D eigenvalue weighted by atomic mass is 9.88. The van der Waals surface area contributed by atoms with E-state index in [9.17, 15) is 4.79 Å². The maximum atomic E-state index is 12.2. The summed E-state index contributed by atoms with van der Waals surface area (Å²) >= 11 is 1.64. The van der Waals surface area contributed by atoms with Crippen LogP contribution in [0.15, 0.2) is 17.5 Å². The van der Waals surface area contributed by atoms with Gasteiger partial charge in [-0.2, -0.15) is 5.26 Å². The lowest BCUT2D eigenvalue weighted by Gasteiger charge is -2.23. The Bertz CT molecular complexity index is 422. The first-order chi connectivity index (χ1) is 8.57. The fourth-order valence-electron chi connectivity index (χ4n) is 1.67. The highest BCUT2D eigenvalue weighted by atomic mass is 32.1. The molecule has 0 spiro atoms. The molecule has 1 aromatic rings. The monoisotopic (exact) mass is 264 g/mol. The average molecular weight is 264 g/mol. The predicted molar refractivity (Wildman–Crippen MR) is 74.1 cm³/mol. The fraction of sp³-hybridized carbons (Fsp3) is 0.571. The Balaban J connectivity index is 2.80. The van der Waals surface area contributed by atoms with Crippen molar-refractivity contribution >= 4 is 17.2 Å². The molecule has 2 unspecified atom stereocenters. The number of rotatable bonds is 6. The van der Waals surface area contributed by atoms with Gasteiger partial charge in [-0.15, -0.1) is 11.3 Å². The van der Waals surface area contributed by atoms with E-state index in [1.807, 2.05) is 24.4 Å². The molecule has 0 aromatic carbocycles. The molecular formula is C14H20N2OS. The molecule has 0 aliphatic heterocycles. The number of thiophene rings is 1.